The summed E-state index contributed by atoms with van der Waals surface area (Å²) in [6, 6.07) is 8.86. The number of benzene rings is 2. The van der Waals surface area contributed by atoms with Gasteiger partial charge in [-0.15, -0.1) is 5.23 Å². The van der Waals surface area contributed by atoms with Gasteiger partial charge in [0.2, 0.25) is 0 Å². The van der Waals surface area contributed by atoms with Crippen LogP contribution in [0.5, 0.6) is 5.75 Å². The summed E-state index contributed by atoms with van der Waals surface area (Å²) in [6.45, 7) is 4.17. The lowest BCUT2D eigenvalue weighted by Gasteiger charge is -2.19. The molecule has 0 saturated heterocycles. The van der Waals surface area contributed by atoms with Gasteiger partial charge in [0.1, 0.15) is 18.0 Å². The first-order valence-corrected chi connectivity index (χ1v) is 8.94. The van der Waals surface area contributed by atoms with Gasteiger partial charge in [-0.2, -0.15) is 0 Å². The van der Waals surface area contributed by atoms with E-state index in [0.717, 1.165) is 16.5 Å². The number of aryl methyl sites for hydroxylation is 1. The summed E-state index contributed by atoms with van der Waals surface area (Å²) in [5.74, 6) is 0.370. The van der Waals surface area contributed by atoms with E-state index < -0.39 is 0 Å². The highest BCUT2D eigenvalue weighted by Crippen LogP contribution is 2.39. The van der Waals surface area contributed by atoms with Crippen molar-refractivity contribution in [2.75, 3.05) is 30.8 Å². The minimum Gasteiger partial charge on any atom is -0.497 e. The Balaban J connectivity index is 2.18. The van der Waals surface area contributed by atoms with Crippen molar-refractivity contribution in [3.8, 4) is 5.75 Å². The highest BCUT2D eigenvalue weighted by atomic mass is 16.8. The van der Waals surface area contributed by atoms with Gasteiger partial charge in [-0.25, -0.2) is 4.98 Å². The first kappa shape index (κ1) is 19.7. The van der Waals surface area contributed by atoms with Gasteiger partial charge in [0.05, 0.1) is 29.2 Å². The number of hydrogen-bond acceptors (Lipinski definition) is 8. The van der Waals surface area contributed by atoms with Crippen molar-refractivity contribution in [2.45, 2.75) is 20.3 Å². The number of carbonyl (C=O) groups excluding carboxylic acids is 1. The third-order valence-corrected chi connectivity index (χ3v) is 4.48. The Bertz CT molecular complexity index is 1020. The maximum Gasteiger partial charge on any atom is 0.305 e. The zero-order valence-electron chi connectivity index (χ0n) is 16.0. The van der Waals surface area contributed by atoms with Crippen LogP contribution in [0.25, 0.3) is 21.8 Å². The molecule has 148 valence electrons. The molecule has 0 fully saturated rings. The Hall–Kier alpha value is -3.10. The third kappa shape index (κ3) is 3.78. The Morgan fingerprint density at radius 2 is 2.04 bits per heavy atom. The fourth-order valence-corrected chi connectivity index (χ4v) is 3.06. The van der Waals surface area contributed by atoms with Crippen molar-refractivity contribution in [3.63, 3.8) is 0 Å². The second-order valence-electron chi connectivity index (χ2n) is 6.29. The monoisotopic (exact) mass is 385 g/mol. The van der Waals surface area contributed by atoms with Gasteiger partial charge in [0, 0.05) is 18.4 Å². The predicted molar refractivity (Wildman–Crippen MR) is 106 cm³/mol. The molecule has 28 heavy (non-hydrogen) atoms. The Morgan fingerprint density at radius 1 is 1.25 bits per heavy atom. The van der Waals surface area contributed by atoms with E-state index >= 15 is 0 Å². The van der Waals surface area contributed by atoms with E-state index in [1.807, 2.05) is 25.1 Å². The normalized spacial score (nSPS) is 10.9. The molecule has 0 aliphatic heterocycles. The van der Waals surface area contributed by atoms with Crippen molar-refractivity contribution in [2.24, 2.45) is 0 Å². The van der Waals surface area contributed by atoms with E-state index in [-0.39, 0.29) is 23.5 Å². The van der Waals surface area contributed by atoms with Crippen LogP contribution in [0.15, 0.2) is 30.3 Å². The largest absolute Gasteiger partial charge is 0.497 e. The first-order chi connectivity index (χ1) is 13.5. The van der Waals surface area contributed by atoms with Crippen LogP contribution in [0, 0.1) is 6.92 Å². The minimum absolute atomic E-state index is 0.0811. The Morgan fingerprint density at radius 3 is 2.71 bits per heavy atom. The van der Waals surface area contributed by atoms with Crippen LogP contribution < -0.4 is 15.3 Å². The summed E-state index contributed by atoms with van der Waals surface area (Å²) in [4.78, 5) is 16.1. The summed E-state index contributed by atoms with van der Waals surface area (Å²) in [7, 11) is 1.58. The molecule has 3 rings (SSSR count). The molecule has 8 heteroatoms. The van der Waals surface area contributed by atoms with Gasteiger partial charge in [-0.1, -0.05) is 13.0 Å². The van der Waals surface area contributed by atoms with Crippen molar-refractivity contribution in [1.82, 2.24) is 4.98 Å². The quantitative estimate of drug-likeness (QED) is 0.245. The van der Waals surface area contributed by atoms with Gasteiger partial charge in [0.15, 0.2) is 0 Å². The van der Waals surface area contributed by atoms with Crippen LogP contribution in [-0.4, -0.2) is 41.6 Å². The summed E-state index contributed by atoms with van der Waals surface area (Å²) < 4.78 is 10.5. The Kier molecular flexibility index (Phi) is 5.81. The van der Waals surface area contributed by atoms with Crippen LogP contribution in [0.1, 0.15) is 18.9 Å². The summed E-state index contributed by atoms with van der Waals surface area (Å²) >= 11 is 0. The van der Waals surface area contributed by atoms with E-state index in [4.69, 9.17) is 14.5 Å². The molecule has 2 aromatic carbocycles. The second-order valence-corrected chi connectivity index (χ2v) is 6.29. The highest BCUT2D eigenvalue weighted by molar-refractivity contribution is 6.13. The number of methoxy groups -OCH3 is 1. The molecule has 3 aromatic rings. The fourth-order valence-electron chi connectivity index (χ4n) is 3.06. The van der Waals surface area contributed by atoms with E-state index in [1.54, 1.807) is 26.2 Å². The molecule has 0 aliphatic carbocycles. The fraction of sp³-hybridized carbons (Fsp3) is 0.300. The highest BCUT2D eigenvalue weighted by Gasteiger charge is 2.17. The van der Waals surface area contributed by atoms with Crippen LogP contribution in [-0.2, 0) is 9.53 Å². The molecule has 0 bridgehead atoms. The maximum absolute atomic E-state index is 11.4. The number of pyridine rings is 1. The van der Waals surface area contributed by atoms with Crippen LogP contribution in [0.2, 0.25) is 0 Å². The average molecular weight is 385 g/mol. The predicted octanol–water partition coefficient (Wildman–Crippen LogP) is 3.65. The molecule has 0 aliphatic rings. The lowest BCUT2D eigenvalue weighted by molar-refractivity contribution is -0.142. The smallest absolute Gasteiger partial charge is 0.305 e. The van der Waals surface area contributed by atoms with Crippen LogP contribution in [0.4, 0.5) is 11.4 Å². The van der Waals surface area contributed by atoms with Crippen LogP contribution in [0.3, 0.4) is 0 Å². The van der Waals surface area contributed by atoms with Crippen LogP contribution >= 0.6 is 0 Å². The third-order valence-electron chi connectivity index (χ3n) is 4.48. The van der Waals surface area contributed by atoms with Crippen molar-refractivity contribution in [3.05, 3.63) is 35.9 Å². The van der Waals surface area contributed by atoms with Gasteiger partial charge < -0.3 is 14.8 Å². The molecule has 0 radical (unpaired) electrons. The SMILES string of the molecule is CCC(=O)OCCNc1c2cc(OC)ccc2nc2c(C)ccc(N(O)O)c12. The molecule has 0 saturated carbocycles. The zero-order valence-corrected chi connectivity index (χ0v) is 16.0. The average Bonchev–Trinajstić information content (AvgIpc) is 2.70. The molecule has 0 atom stereocenters. The van der Waals surface area contributed by atoms with Gasteiger partial charge in [-0.05, 0) is 36.8 Å². The van der Waals surface area contributed by atoms with E-state index in [0.29, 0.717) is 35.3 Å². The minimum atomic E-state index is -0.277. The lowest BCUT2D eigenvalue weighted by Crippen LogP contribution is -2.15. The standard InChI is InChI=1S/C20H23N3O5/c1-4-17(24)28-10-9-21-20-14-11-13(27-3)6-7-15(14)22-19-12(2)5-8-16(18(19)20)23(25)26/h5-8,11,25-26H,4,9-10H2,1-3H3,(H,21,22). The molecule has 0 spiro atoms. The number of nitrogens with one attached hydrogen (secondary N) is 1. The molecule has 0 amide bonds. The molecular formula is C20H23N3O5. The molecule has 1 heterocycles. The number of nitrogens with zero attached hydrogens (tertiary/aromatic N) is 2. The molecule has 1 aromatic heterocycles. The molecule has 8 nitrogen and oxygen atoms in total. The number of rotatable bonds is 7. The number of fused-ring (bicyclic) bond motifs is 2. The van der Waals surface area contributed by atoms with E-state index in [1.165, 1.54) is 0 Å². The number of ether oxygens (including phenoxy) is 2. The number of hydrogen-bond donors (Lipinski definition) is 3. The number of esters is 1. The number of carbonyl (C=O) groups is 1. The summed E-state index contributed by atoms with van der Waals surface area (Å²) in [6.07, 6.45) is 0.311. The lowest BCUT2D eigenvalue weighted by atomic mass is 10.0. The molecular weight excluding hydrogens is 362 g/mol. The van der Waals surface area contributed by atoms with E-state index in [2.05, 4.69) is 5.32 Å². The van der Waals surface area contributed by atoms with Crippen molar-refractivity contribution in [1.29, 1.82) is 0 Å². The first-order valence-electron chi connectivity index (χ1n) is 8.94. The van der Waals surface area contributed by atoms with Gasteiger partial charge >= 0.3 is 5.97 Å². The van der Waals surface area contributed by atoms with Gasteiger partial charge in [-0.3, -0.25) is 15.2 Å². The number of aromatic nitrogens is 1. The Labute approximate surface area is 162 Å². The number of anilines is 2. The molecule has 3 N–H and O–H groups in total. The van der Waals surface area contributed by atoms with Gasteiger partial charge in [0.25, 0.3) is 0 Å². The van der Waals surface area contributed by atoms with Crippen molar-refractivity contribution >= 4 is 39.1 Å². The molecule has 0 unspecified atom stereocenters. The van der Waals surface area contributed by atoms with E-state index in [9.17, 15) is 15.2 Å². The second kappa shape index (κ2) is 8.28. The zero-order chi connectivity index (χ0) is 20.3. The van der Waals surface area contributed by atoms with Crippen molar-refractivity contribution < 1.29 is 24.7 Å². The topological polar surface area (TPSA) is 104 Å². The summed E-state index contributed by atoms with van der Waals surface area (Å²) in [5.41, 5.74) is 3.09. The maximum atomic E-state index is 11.4. The summed E-state index contributed by atoms with van der Waals surface area (Å²) in [5, 5.41) is 24.1.